The van der Waals surface area contributed by atoms with Crippen molar-refractivity contribution in [3.05, 3.63) is 119 Å². The van der Waals surface area contributed by atoms with Crippen LogP contribution in [0.5, 0.6) is 0 Å². The van der Waals surface area contributed by atoms with Gasteiger partial charge in [0.1, 0.15) is 23.7 Å². The summed E-state index contributed by atoms with van der Waals surface area (Å²) < 4.78 is 27.9. The fraction of sp³-hybridized carbons (Fsp3) is 0.533. The van der Waals surface area contributed by atoms with E-state index in [1.807, 2.05) is 34.1 Å². The van der Waals surface area contributed by atoms with Gasteiger partial charge in [-0.05, 0) is 161 Å². The number of likely N-dealkylation sites (N-methyl/N-ethyl adjacent to an activating group) is 2. The Morgan fingerprint density at radius 1 is 0.513 bits per heavy atom. The van der Waals surface area contributed by atoms with Crippen molar-refractivity contribution in [3.8, 4) is 0 Å². The lowest BCUT2D eigenvalue weighted by Gasteiger charge is -2.36. The summed E-state index contributed by atoms with van der Waals surface area (Å²) in [4.78, 5) is 91.9. The summed E-state index contributed by atoms with van der Waals surface area (Å²) in [5, 5.41) is 13.4. The van der Waals surface area contributed by atoms with Gasteiger partial charge in [-0.15, -0.1) is 0 Å². The lowest BCUT2D eigenvalue weighted by Crippen LogP contribution is -2.56. The molecule has 0 spiro atoms. The van der Waals surface area contributed by atoms with Crippen molar-refractivity contribution in [2.24, 2.45) is 11.8 Å². The number of amides is 6. The number of hydrogen-bond donors (Lipinski definition) is 4. The Balaban J connectivity index is 1.02. The summed E-state index contributed by atoms with van der Waals surface area (Å²) in [5.74, 6) is -1.68. The zero-order valence-corrected chi connectivity index (χ0v) is 44.5. The summed E-state index contributed by atoms with van der Waals surface area (Å²) >= 11 is 0. The predicted molar refractivity (Wildman–Crippen MR) is 290 cm³/mol. The van der Waals surface area contributed by atoms with Gasteiger partial charge >= 0.3 is 0 Å². The number of benzene rings is 4. The van der Waals surface area contributed by atoms with E-state index in [9.17, 15) is 37.5 Å². The van der Waals surface area contributed by atoms with Crippen LogP contribution in [0.15, 0.2) is 84.9 Å². The molecule has 4 atom stereocenters. The average Bonchev–Trinajstić information content (AvgIpc) is 4.12. The van der Waals surface area contributed by atoms with E-state index in [2.05, 4.69) is 21.3 Å². The van der Waals surface area contributed by atoms with Crippen LogP contribution in [0, 0.1) is 23.5 Å². The van der Waals surface area contributed by atoms with E-state index in [0.717, 1.165) is 98.9 Å². The molecule has 6 amide bonds. The van der Waals surface area contributed by atoms with Crippen LogP contribution < -0.4 is 21.3 Å². The molecule has 14 nitrogen and oxygen atoms in total. The smallest absolute Gasteiger partial charge is 0.253 e. The molecule has 76 heavy (non-hydrogen) atoms. The van der Waals surface area contributed by atoms with Crippen LogP contribution in [0.25, 0.3) is 10.8 Å². The number of fused-ring (bicyclic) bond motifs is 1. The third kappa shape index (κ3) is 14.6. The van der Waals surface area contributed by atoms with Crippen molar-refractivity contribution in [3.63, 3.8) is 0 Å². The maximum Gasteiger partial charge on any atom is 0.253 e. The molecule has 2 aliphatic heterocycles. The second-order valence-electron chi connectivity index (χ2n) is 21.6. The van der Waals surface area contributed by atoms with E-state index in [-0.39, 0.29) is 97.2 Å². The molecule has 4 aromatic rings. The third-order valence-electron chi connectivity index (χ3n) is 16.3. The van der Waals surface area contributed by atoms with Crippen LogP contribution >= 0.6 is 0 Å². The molecule has 2 saturated carbocycles. The Labute approximate surface area is 447 Å². The Hall–Kier alpha value is -6.26. The molecule has 0 radical (unpaired) electrons. The Bertz CT molecular complexity index is 2440. The molecule has 2 heterocycles. The first-order valence-corrected chi connectivity index (χ1v) is 28.0. The normalized spacial score (nSPS) is 19.1. The number of halogens is 2. The first kappa shape index (κ1) is 56.0. The molecular weight excluding hydrogens is 967 g/mol. The number of hydrogen-bond acceptors (Lipinski definition) is 8. The molecule has 4 N–H and O–H groups in total. The monoisotopic (exact) mass is 1040 g/mol. The highest BCUT2D eigenvalue weighted by molar-refractivity contribution is 6.02. The lowest BCUT2D eigenvalue weighted by atomic mass is 9.83. The van der Waals surface area contributed by atoms with Gasteiger partial charge in [-0.3, -0.25) is 28.8 Å². The van der Waals surface area contributed by atoms with Crippen molar-refractivity contribution >= 4 is 46.2 Å². The maximum atomic E-state index is 14.8. The van der Waals surface area contributed by atoms with E-state index in [1.165, 1.54) is 24.3 Å². The summed E-state index contributed by atoms with van der Waals surface area (Å²) in [5.41, 5.74) is 2.63. The van der Waals surface area contributed by atoms with Crippen molar-refractivity contribution < 1.29 is 37.5 Å². The minimum absolute atomic E-state index is 0.0413. The number of carbonyl (C=O) groups is 6. The summed E-state index contributed by atoms with van der Waals surface area (Å²) in [6.07, 6.45) is 13.6. The third-order valence-corrected chi connectivity index (χ3v) is 16.3. The SMILES string of the molecule is CNCC(=O)NC(C(=O)N1CCCC1CN(CCc1ccc(F)cc1)C(=O)c1ccc2cc(C(=O)N(CCc3ccc(F)cc3)CC3CCCN3C(=O)C(NC(=O)CNC)C3CCCCC3)ccc2c1)C1CCCCC1. The van der Waals surface area contributed by atoms with Gasteiger partial charge < -0.3 is 40.9 Å². The highest BCUT2D eigenvalue weighted by Crippen LogP contribution is 2.32. The number of carbonyl (C=O) groups excluding carboxylic acids is 6. The van der Waals surface area contributed by atoms with Gasteiger partial charge in [0.15, 0.2) is 0 Å². The largest absolute Gasteiger partial charge is 0.343 e. The Morgan fingerprint density at radius 2 is 0.895 bits per heavy atom. The van der Waals surface area contributed by atoms with Gasteiger partial charge in [0.05, 0.1) is 13.1 Å². The van der Waals surface area contributed by atoms with Crippen molar-refractivity contribution in [1.29, 1.82) is 0 Å². The molecule has 0 bridgehead atoms. The number of likely N-dealkylation sites (tertiary alicyclic amines) is 2. The molecular formula is C60H78F2N8O6. The van der Waals surface area contributed by atoms with Crippen LogP contribution in [0.3, 0.4) is 0 Å². The second-order valence-corrected chi connectivity index (χ2v) is 21.6. The van der Waals surface area contributed by atoms with E-state index in [0.29, 0.717) is 63.0 Å². The molecule has 4 fully saturated rings. The average molecular weight is 1050 g/mol. The molecule has 4 unspecified atom stereocenters. The fourth-order valence-electron chi connectivity index (χ4n) is 12.2. The topological polar surface area (TPSA) is 163 Å². The van der Waals surface area contributed by atoms with Crippen LogP contribution in [-0.4, -0.2) is 146 Å². The lowest BCUT2D eigenvalue weighted by molar-refractivity contribution is -0.139. The molecule has 0 aromatic heterocycles. The van der Waals surface area contributed by atoms with Crippen LogP contribution in [0.4, 0.5) is 8.78 Å². The van der Waals surface area contributed by atoms with Crippen LogP contribution in [0.1, 0.15) is 122 Å². The Morgan fingerprint density at radius 3 is 1.26 bits per heavy atom. The minimum atomic E-state index is -0.640. The second kappa shape index (κ2) is 27.2. The molecule has 8 rings (SSSR count). The highest BCUT2D eigenvalue weighted by Gasteiger charge is 2.41. The van der Waals surface area contributed by atoms with Crippen molar-refractivity contribution in [2.75, 3.05) is 66.5 Å². The van der Waals surface area contributed by atoms with Gasteiger partial charge in [0.2, 0.25) is 23.6 Å². The molecule has 2 aliphatic carbocycles. The van der Waals surface area contributed by atoms with Crippen molar-refractivity contribution in [2.45, 2.75) is 127 Å². The van der Waals surface area contributed by atoms with E-state index in [1.54, 1.807) is 60.3 Å². The van der Waals surface area contributed by atoms with E-state index in [4.69, 9.17) is 0 Å². The predicted octanol–water partition coefficient (Wildman–Crippen LogP) is 7.04. The number of rotatable bonds is 22. The standard InChI is InChI=1S/C60H78F2N8O6/c1-63-37-53(71)65-55(43-11-5-3-6-12-43)59(75)69-31-9-15-51(69)39-67(33-29-41-17-25-49(61)26-18-41)57(73)47-23-21-46-36-48(24-22-45(46)35-47)58(74)68(34-30-42-19-27-50(62)28-20-42)40-52-16-10-32-70(52)60(76)56(66-54(72)38-64-2)44-13-7-4-8-14-44/h17-28,35-36,43-44,51-52,55-56,63-64H,3-16,29-34,37-40H2,1-2H3,(H,65,71)(H,66,72). The quantitative estimate of drug-likeness (QED) is 0.0652. The zero-order chi connectivity index (χ0) is 53.6. The van der Waals surface area contributed by atoms with Gasteiger partial charge in [-0.2, -0.15) is 0 Å². The maximum absolute atomic E-state index is 14.8. The molecule has 4 aliphatic rings. The van der Waals surface area contributed by atoms with Gasteiger partial charge in [-0.1, -0.05) is 74.9 Å². The number of nitrogens with one attached hydrogen (secondary N) is 4. The highest BCUT2D eigenvalue weighted by atomic mass is 19.1. The molecule has 408 valence electrons. The number of nitrogens with zero attached hydrogens (tertiary/aromatic N) is 4. The van der Waals surface area contributed by atoms with Gasteiger partial charge in [-0.25, -0.2) is 8.78 Å². The van der Waals surface area contributed by atoms with Crippen LogP contribution in [0.2, 0.25) is 0 Å². The first-order valence-electron chi connectivity index (χ1n) is 28.0. The Kier molecular flexibility index (Phi) is 20.0. The summed E-state index contributed by atoms with van der Waals surface area (Å²) in [6, 6.07) is 21.6. The van der Waals surface area contributed by atoms with Crippen molar-refractivity contribution in [1.82, 2.24) is 40.9 Å². The summed E-state index contributed by atoms with van der Waals surface area (Å²) in [7, 11) is 3.41. The van der Waals surface area contributed by atoms with Gasteiger partial charge in [0.25, 0.3) is 11.8 Å². The summed E-state index contributed by atoms with van der Waals surface area (Å²) in [6.45, 7) is 2.49. The fourth-order valence-corrected chi connectivity index (χ4v) is 12.2. The minimum Gasteiger partial charge on any atom is -0.343 e. The zero-order valence-electron chi connectivity index (χ0n) is 44.5. The first-order chi connectivity index (χ1) is 36.9. The van der Waals surface area contributed by atoms with Crippen LogP contribution in [-0.2, 0) is 32.0 Å². The molecule has 2 saturated heterocycles. The van der Waals surface area contributed by atoms with E-state index < -0.39 is 12.1 Å². The van der Waals surface area contributed by atoms with E-state index >= 15 is 0 Å². The molecule has 4 aromatic carbocycles. The van der Waals surface area contributed by atoms with Gasteiger partial charge in [0, 0.05) is 62.5 Å². The molecule has 16 heteroatoms.